The van der Waals surface area contributed by atoms with Crippen molar-refractivity contribution in [3.8, 4) is 0 Å². The summed E-state index contributed by atoms with van der Waals surface area (Å²) in [6, 6.07) is 13.8. The van der Waals surface area contributed by atoms with Crippen molar-refractivity contribution in [1.29, 1.82) is 0 Å². The second-order valence-electron chi connectivity index (χ2n) is 4.89. The first-order chi connectivity index (χ1) is 11.1. The summed E-state index contributed by atoms with van der Waals surface area (Å²) in [5, 5.41) is 6.14. The summed E-state index contributed by atoms with van der Waals surface area (Å²) in [5.41, 5.74) is 1.82. The quantitative estimate of drug-likeness (QED) is 0.800. The van der Waals surface area contributed by atoms with Crippen molar-refractivity contribution < 1.29 is 9.59 Å². The maximum atomic E-state index is 12.2. The molecule has 2 amide bonds. The van der Waals surface area contributed by atoms with Crippen LogP contribution in [0.2, 0.25) is 5.02 Å². The normalized spacial score (nSPS) is 9.96. The molecule has 4 nitrogen and oxygen atoms in total. The number of carbonyl (C=O) groups excluding carboxylic acids is 2. The van der Waals surface area contributed by atoms with E-state index in [2.05, 4.69) is 17.2 Å². The number of rotatable bonds is 6. The van der Waals surface area contributed by atoms with Gasteiger partial charge in [0.1, 0.15) is 0 Å². The number of nitrogens with one attached hydrogen (secondary N) is 2. The van der Waals surface area contributed by atoms with E-state index in [0.717, 1.165) is 5.56 Å². The van der Waals surface area contributed by atoms with Crippen LogP contribution in [0.15, 0.2) is 61.2 Å². The molecule has 0 fully saturated rings. The molecule has 2 aromatic carbocycles. The molecule has 0 saturated heterocycles. The number of hydrogen-bond acceptors (Lipinski definition) is 2. The highest BCUT2D eigenvalue weighted by atomic mass is 35.5. The topological polar surface area (TPSA) is 58.2 Å². The molecule has 118 valence electrons. The van der Waals surface area contributed by atoms with E-state index in [9.17, 15) is 9.59 Å². The number of benzene rings is 2. The first-order valence-corrected chi connectivity index (χ1v) is 7.50. The second-order valence-corrected chi connectivity index (χ2v) is 5.33. The molecule has 0 aliphatic carbocycles. The molecule has 0 aliphatic heterocycles. The lowest BCUT2D eigenvalue weighted by Gasteiger charge is -2.07. The summed E-state index contributed by atoms with van der Waals surface area (Å²) >= 11 is 5.82. The molecule has 23 heavy (non-hydrogen) atoms. The molecule has 5 heteroatoms. The van der Waals surface area contributed by atoms with Crippen LogP contribution in [0.1, 0.15) is 26.3 Å². The first kappa shape index (κ1) is 16.8. The van der Waals surface area contributed by atoms with Crippen LogP contribution in [-0.4, -0.2) is 18.4 Å². The summed E-state index contributed by atoms with van der Waals surface area (Å²) in [4.78, 5) is 24.1. The van der Waals surface area contributed by atoms with Crippen LogP contribution in [0.3, 0.4) is 0 Å². The highest BCUT2D eigenvalue weighted by molar-refractivity contribution is 6.30. The Bertz CT molecular complexity index is 711. The lowest BCUT2D eigenvalue weighted by molar-refractivity contribution is 0.0951. The Morgan fingerprint density at radius 3 is 2.22 bits per heavy atom. The summed E-state index contributed by atoms with van der Waals surface area (Å²) in [5.74, 6) is -0.476. The van der Waals surface area contributed by atoms with Crippen molar-refractivity contribution in [3.05, 3.63) is 82.9 Å². The maximum absolute atomic E-state index is 12.2. The van der Waals surface area contributed by atoms with Crippen LogP contribution in [0.5, 0.6) is 0 Å². The minimum atomic E-state index is -0.239. The highest BCUT2D eigenvalue weighted by Gasteiger charge is 2.09. The van der Waals surface area contributed by atoms with Gasteiger partial charge >= 0.3 is 0 Å². The summed E-state index contributed by atoms with van der Waals surface area (Å²) < 4.78 is 0. The number of amides is 2. The van der Waals surface area contributed by atoms with E-state index in [0.29, 0.717) is 29.2 Å². The van der Waals surface area contributed by atoms with Crippen molar-refractivity contribution in [2.75, 3.05) is 6.54 Å². The lowest BCUT2D eigenvalue weighted by atomic mass is 10.1. The molecular formula is C18H17ClN2O2. The van der Waals surface area contributed by atoms with Crippen LogP contribution < -0.4 is 10.6 Å². The molecule has 2 N–H and O–H groups in total. The molecule has 0 aromatic heterocycles. The van der Waals surface area contributed by atoms with Gasteiger partial charge in [-0.15, -0.1) is 6.58 Å². The third-order valence-electron chi connectivity index (χ3n) is 3.16. The van der Waals surface area contributed by atoms with E-state index in [4.69, 9.17) is 11.6 Å². The fourth-order valence-electron chi connectivity index (χ4n) is 1.96. The predicted octanol–water partition coefficient (Wildman–Crippen LogP) is 3.19. The Morgan fingerprint density at radius 2 is 1.61 bits per heavy atom. The van der Waals surface area contributed by atoms with Crippen LogP contribution in [0.25, 0.3) is 0 Å². The van der Waals surface area contributed by atoms with Crippen molar-refractivity contribution >= 4 is 23.4 Å². The number of halogens is 1. The number of hydrogen-bond donors (Lipinski definition) is 2. The van der Waals surface area contributed by atoms with Crippen LogP contribution >= 0.6 is 11.6 Å². The standard InChI is InChI=1S/C18H17ClN2O2/c1-2-10-20-17(22)14-4-3-5-15(11-14)18(23)21-12-13-6-8-16(19)9-7-13/h2-9,11H,1,10,12H2,(H,20,22)(H,21,23). The van der Waals surface area contributed by atoms with Crippen molar-refractivity contribution in [3.63, 3.8) is 0 Å². The molecule has 0 spiro atoms. The summed E-state index contributed by atoms with van der Waals surface area (Å²) in [6.45, 7) is 4.32. The second kappa shape index (κ2) is 8.15. The largest absolute Gasteiger partial charge is 0.349 e. The minimum absolute atomic E-state index is 0.238. The van der Waals surface area contributed by atoms with Crippen LogP contribution in [-0.2, 0) is 6.54 Å². The molecule has 0 heterocycles. The van der Waals surface area contributed by atoms with Gasteiger partial charge in [-0.05, 0) is 35.9 Å². The molecule has 0 radical (unpaired) electrons. The van der Waals surface area contributed by atoms with E-state index in [1.54, 1.807) is 42.5 Å². The Hall–Kier alpha value is -2.59. The van der Waals surface area contributed by atoms with E-state index < -0.39 is 0 Å². The highest BCUT2D eigenvalue weighted by Crippen LogP contribution is 2.10. The maximum Gasteiger partial charge on any atom is 0.251 e. The van der Waals surface area contributed by atoms with Gasteiger partial charge in [0.15, 0.2) is 0 Å². The SMILES string of the molecule is C=CCNC(=O)c1cccc(C(=O)NCc2ccc(Cl)cc2)c1. The zero-order valence-electron chi connectivity index (χ0n) is 12.5. The van der Waals surface area contributed by atoms with Crippen LogP contribution in [0, 0.1) is 0 Å². The van der Waals surface area contributed by atoms with Gasteiger partial charge in [-0.25, -0.2) is 0 Å². The minimum Gasteiger partial charge on any atom is -0.349 e. The molecule has 0 bridgehead atoms. The zero-order chi connectivity index (χ0) is 16.7. The van der Waals surface area contributed by atoms with E-state index in [1.165, 1.54) is 0 Å². The van der Waals surface area contributed by atoms with Gasteiger partial charge in [-0.1, -0.05) is 35.9 Å². The van der Waals surface area contributed by atoms with Gasteiger partial charge in [-0.2, -0.15) is 0 Å². The van der Waals surface area contributed by atoms with Gasteiger partial charge in [0.25, 0.3) is 11.8 Å². The summed E-state index contributed by atoms with van der Waals surface area (Å²) in [7, 11) is 0. The predicted molar refractivity (Wildman–Crippen MR) is 91.6 cm³/mol. The average Bonchev–Trinajstić information content (AvgIpc) is 2.59. The van der Waals surface area contributed by atoms with Crippen molar-refractivity contribution in [1.82, 2.24) is 10.6 Å². The average molecular weight is 329 g/mol. The molecule has 0 unspecified atom stereocenters. The van der Waals surface area contributed by atoms with Gasteiger partial charge in [0.2, 0.25) is 0 Å². The fourth-order valence-corrected chi connectivity index (χ4v) is 2.08. The first-order valence-electron chi connectivity index (χ1n) is 7.12. The summed E-state index contributed by atoms with van der Waals surface area (Å²) in [6.07, 6.45) is 1.60. The fraction of sp³-hybridized carbons (Fsp3) is 0.111. The molecule has 0 saturated carbocycles. The molecular weight excluding hydrogens is 312 g/mol. The monoisotopic (exact) mass is 328 g/mol. The van der Waals surface area contributed by atoms with E-state index in [1.807, 2.05) is 12.1 Å². The Balaban J connectivity index is 2.00. The molecule has 2 aromatic rings. The third kappa shape index (κ3) is 4.97. The Morgan fingerprint density at radius 1 is 1.00 bits per heavy atom. The van der Waals surface area contributed by atoms with Crippen molar-refractivity contribution in [2.45, 2.75) is 6.54 Å². The van der Waals surface area contributed by atoms with Gasteiger partial charge in [0.05, 0.1) is 0 Å². The Kier molecular flexibility index (Phi) is 5.94. The molecule has 0 aliphatic rings. The van der Waals surface area contributed by atoms with E-state index in [-0.39, 0.29) is 11.8 Å². The smallest absolute Gasteiger partial charge is 0.251 e. The number of carbonyl (C=O) groups is 2. The van der Waals surface area contributed by atoms with Crippen LogP contribution in [0.4, 0.5) is 0 Å². The van der Waals surface area contributed by atoms with Gasteiger partial charge < -0.3 is 10.6 Å². The molecule has 2 rings (SSSR count). The Labute approximate surface area is 140 Å². The third-order valence-corrected chi connectivity index (χ3v) is 3.41. The zero-order valence-corrected chi connectivity index (χ0v) is 13.3. The molecule has 0 atom stereocenters. The van der Waals surface area contributed by atoms with Gasteiger partial charge in [0, 0.05) is 29.2 Å². The van der Waals surface area contributed by atoms with Crippen molar-refractivity contribution in [2.24, 2.45) is 0 Å². The van der Waals surface area contributed by atoms with E-state index >= 15 is 0 Å². The lowest BCUT2D eigenvalue weighted by Crippen LogP contribution is -2.25. The van der Waals surface area contributed by atoms with Gasteiger partial charge in [-0.3, -0.25) is 9.59 Å².